The highest BCUT2D eigenvalue weighted by Gasteiger charge is 2.44. The van der Waals surface area contributed by atoms with E-state index in [2.05, 4.69) is 85.0 Å². The van der Waals surface area contributed by atoms with Gasteiger partial charge in [0.2, 0.25) is 0 Å². The first-order chi connectivity index (χ1) is 17.7. The molecule has 2 N–H and O–H groups in total. The number of hydrogen-bond acceptors (Lipinski definition) is 2. The lowest BCUT2D eigenvalue weighted by Gasteiger charge is -2.44. The molecule has 0 bridgehead atoms. The third-order valence-corrected chi connectivity index (χ3v) is 7.11. The van der Waals surface area contributed by atoms with Crippen LogP contribution in [0.1, 0.15) is 34.7 Å². The average Bonchev–Trinajstić information content (AvgIpc) is 2.97. The summed E-state index contributed by atoms with van der Waals surface area (Å²) in [5.41, 5.74) is 3.05. The lowest BCUT2D eigenvalue weighted by Crippen LogP contribution is -2.56. The van der Waals surface area contributed by atoms with E-state index in [4.69, 9.17) is 0 Å². The van der Waals surface area contributed by atoms with Gasteiger partial charge in [-0.2, -0.15) is 0 Å². The van der Waals surface area contributed by atoms with Crippen molar-refractivity contribution in [1.82, 2.24) is 5.32 Å². The molecule has 0 saturated carbocycles. The van der Waals surface area contributed by atoms with Crippen LogP contribution >= 0.6 is 0 Å². The monoisotopic (exact) mass is 469 g/mol. The molecular formula is C34H31NO. The van der Waals surface area contributed by atoms with Gasteiger partial charge in [0.15, 0.2) is 0 Å². The van der Waals surface area contributed by atoms with Crippen molar-refractivity contribution in [2.45, 2.75) is 24.1 Å². The summed E-state index contributed by atoms with van der Waals surface area (Å²) in [5, 5.41) is 16.5. The molecule has 0 fully saturated rings. The fraction of sp³-hybridized carbons (Fsp3) is 0.118. The van der Waals surface area contributed by atoms with E-state index in [9.17, 15) is 5.11 Å². The van der Waals surface area contributed by atoms with Gasteiger partial charge in [0.25, 0.3) is 0 Å². The third-order valence-electron chi connectivity index (χ3n) is 7.11. The van der Waals surface area contributed by atoms with Gasteiger partial charge in [-0.3, -0.25) is 5.32 Å². The van der Waals surface area contributed by atoms with Crippen molar-refractivity contribution in [3.8, 4) is 0 Å². The molecule has 0 unspecified atom stereocenters. The van der Waals surface area contributed by atoms with Crippen LogP contribution in [0.5, 0.6) is 0 Å². The van der Waals surface area contributed by atoms with Crippen molar-refractivity contribution in [3.05, 3.63) is 179 Å². The van der Waals surface area contributed by atoms with Crippen LogP contribution in [-0.4, -0.2) is 11.1 Å². The summed E-state index contributed by atoms with van der Waals surface area (Å²) in [6.07, 6.45) is 0. The Kier molecular flexibility index (Phi) is 6.81. The predicted octanol–water partition coefficient (Wildman–Crippen LogP) is 6.89. The molecule has 2 nitrogen and oxygen atoms in total. The Balaban J connectivity index is 1.74. The minimum absolute atomic E-state index is 0.372. The number of rotatable bonds is 8. The summed E-state index contributed by atoms with van der Waals surface area (Å²) in [6.45, 7) is 2.07. The Morgan fingerprint density at radius 1 is 0.444 bits per heavy atom. The van der Waals surface area contributed by atoms with Gasteiger partial charge < -0.3 is 5.11 Å². The van der Waals surface area contributed by atoms with E-state index in [-0.39, 0.29) is 6.04 Å². The molecule has 0 aromatic heterocycles. The van der Waals surface area contributed by atoms with Crippen molar-refractivity contribution in [1.29, 1.82) is 0 Å². The Labute approximate surface area is 213 Å². The summed E-state index contributed by atoms with van der Waals surface area (Å²) >= 11 is 0. The maximum atomic E-state index is 12.6. The molecule has 5 rings (SSSR count). The summed E-state index contributed by atoms with van der Waals surface area (Å²) in [6, 6.07) is 51.0. The zero-order valence-corrected chi connectivity index (χ0v) is 20.5. The van der Waals surface area contributed by atoms with Gasteiger partial charge in [0.05, 0.1) is 5.54 Å². The smallest absolute Gasteiger partial charge is 0.130 e. The number of aliphatic hydroxyl groups is 1. The van der Waals surface area contributed by atoms with Crippen LogP contribution in [0.15, 0.2) is 152 Å². The Morgan fingerprint density at radius 3 is 0.972 bits per heavy atom. The Morgan fingerprint density at radius 2 is 0.694 bits per heavy atom. The summed E-state index contributed by atoms with van der Waals surface area (Å²) in [4.78, 5) is 0. The van der Waals surface area contributed by atoms with E-state index in [1.807, 2.05) is 78.9 Å². The van der Waals surface area contributed by atoms with Gasteiger partial charge in [0.1, 0.15) is 5.60 Å². The molecule has 0 saturated heterocycles. The van der Waals surface area contributed by atoms with E-state index in [1.165, 1.54) is 0 Å². The molecular weight excluding hydrogens is 438 g/mol. The highest BCUT2D eigenvalue weighted by molar-refractivity contribution is 5.50. The Bertz CT molecular complexity index is 1220. The molecule has 5 aromatic carbocycles. The first-order valence-electron chi connectivity index (χ1n) is 12.4. The number of hydrogen-bond donors (Lipinski definition) is 2. The van der Waals surface area contributed by atoms with Crippen LogP contribution in [0.25, 0.3) is 0 Å². The predicted molar refractivity (Wildman–Crippen MR) is 148 cm³/mol. The molecule has 0 heterocycles. The molecule has 0 radical (unpaired) electrons. The largest absolute Gasteiger partial charge is 0.379 e. The average molecular weight is 470 g/mol. The van der Waals surface area contributed by atoms with Crippen molar-refractivity contribution >= 4 is 0 Å². The molecule has 1 atom stereocenters. The maximum Gasteiger partial charge on any atom is 0.130 e. The molecule has 0 aliphatic heterocycles. The lowest BCUT2D eigenvalue weighted by molar-refractivity contribution is 0.0357. The highest BCUT2D eigenvalue weighted by Crippen LogP contribution is 2.41. The van der Waals surface area contributed by atoms with E-state index >= 15 is 0 Å². The van der Waals surface area contributed by atoms with Gasteiger partial charge >= 0.3 is 0 Å². The van der Waals surface area contributed by atoms with Gasteiger partial charge in [-0.25, -0.2) is 0 Å². The van der Waals surface area contributed by atoms with Crippen molar-refractivity contribution in [2.24, 2.45) is 0 Å². The first kappa shape index (κ1) is 23.7. The topological polar surface area (TPSA) is 32.3 Å². The molecule has 36 heavy (non-hydrogen) atoms. The molecule has 2 heteroatoms. The Hall–Kier alpha value is -3.98. The number of benzene rings is 5. The second kappa shape index (κ2) is 10.3. The lowest BCUT2D eigenvalue weighted by atomic mass is 9.74. The fourth-order valence-corrected chi connectivity index (χ4v) is 5.29. The molecule has 0 aliphatic carbocycles. The van der Waals surface area contributed by atoms with Crippen LogP contribution in [0.2, 0.25) is 0 Å². The SMILES string of the molecule is C[C@H](NC(c1ccccc1)(c1ccccc1)c1ccccc1)C(O)(c1ccccc1)c1ccccc1. The van der Waals surface area contributed by atoms with Crippen LogP contribution in [0.3, 0.4) is 0 Å². The van der Waals surface area contributed by atoms with Gasteiger partial charge in [-0.05, 0) is 34.7 Å². The van der Waals surface area contributed by atoms with Crippen molar-refractivity contribution < 1.29 is 5.11 Å². The summed E-state index contributed by atoms with van der Waals surface area (Å²) in [7, 11) is 0. The second-order valence-corrected chi connectivity index (χ2v) is 9.21. The van der Waals surface area contributed by atoms with Gasteiger partial charge in [-0.1, -0.05) is 152 Å². The normalized spacial score (nSPS) is 12.7. The van der Waals surface area contributed by atoms with Crippen LogP contribution in [-0.2, 0) is 11.1 Å². The molecule has 5 aromatic rings. The molecule has 0 spiro atoms. The van der Waals surface area contributed by atoms with Gasteiger partial charge in [0, 0.05) is 6.04 Å². The van der Waals surface area contributed by atoms with Crippen LogP contribution < -0.4 is 5.32 Å². The molecule has 0 amide bonds. The maximum absolute atomic E-state index is 12.6. The summed E-state index contributed by atoms with van der Waals surface area (Å²) < 4.78 is 0. The fourth-order valence-electron chi connectivity index (χ4n) is 5.29. The first-order valence-corrected chi connectivity index (χ1v) is 12.4. The highest BCUT2D eigenvalue weighted by atomic mass is 16.3. The van der Waals surface area contributed by atoms with E-state index in [0.29, 0.717) is 0 Å². The number of nitrogens with one attached hydrogen (secondary N) is 1. The van der Waals surface area contributed by atoms with E-state index < -0.39 is 11.1 Å². The van der Waals surface area contributed by atoms with Crippen molar-refractivity contribution in [2.75, 3.05) is 0 Å². The summed E-state index contributed by atoms with van der Waals surface area (Å²) in [5.74, 6) is 0. The zero-order valence-electron chi connectivity index (χ0n) is 20.5. The molecule has 178 valence electrons. The van der Waals surface area contributed by atoms with Crippen molar-refractivity contribution in [3.63, 3.8) is 0 Å². The van der Waals surface area contributed by atoms with E-state index in [0.717, 1.165) is 27.8 Å². The van der Waals surface area contributed by atoms with Crippen LogP contribution in [0.4, 0.5) is 0 Å². The second-order valence-electron chi connectivity index (χ2n) is 9.21. The third kappa shape index (κ3) is 4.26. The van der Waals surface area contributed by atoms with Crippen LogP contribution in [0, 0.1) is 0 Å². The van der Waals surface area contributed by atoms with E-state index in [1.54, 1.807) is 0 Å². The van der Waals surface area contributed by atoms with Gasteiger partial charge in [-0.15, -0.1) is 0 Å². The molecule has 0 aliphatic rings. The minimum atomic E-state index is -1.27. The quantitative estimate of drug-likeness (QED) is 0.243. The minimum Gasteiger partial charge on any atom is -0.379 e. The standard InChI is InChI=1S/C34H31NO/c1-27(34(36,31-23-13-5-14-24-31)32-25-15-6-16-26-32)35-33(28-17-7-2-8-18-28,29-19-9-3-10-20-29)30-21-11-4-12-22-30/h2-27,35-36H,1H3/t27-/m0/s1. The zero-order chi connectivity index (χ0) is 24.8.